The Morgan fingerprint density at radius 1 is 1.43 bits per heavy atom. The van der Waals surface area contributed by atoms with E-state index in [1.165, 1.54) is 6.33 Å². The lowest BCUT2D eigenvalue weighted by atomic mass is 10.5. The van der Waals surface area contributed by atoms with E-state index in [9.17, 15) is 0 Å². The fourth-order valence-corrected chi connectivity index (χ4v) is 1.57. The van der Waals surface area contributed by atoms with Gasteiger partial charge in [0.05, 0.1) is 6.61 Å². The van der Waals surface area contributed by atoms with E-state index < -0.39 is 0 Å². The molecule has 0 aromatic carbocycles. The van der Waals surface area contributed by atoms with E-state index in [4.69, 9.17) is 10.5 Å². The third-order valence-electron chi connectivity index (χ3n) is 1.53. The first kappa shape index (κ1) is 11.1. The standard InChI is InChI=1S/C9H15N3OS/c1-3-5-13-8-7(10)9(14-4-2)12-6-11-8/h6H,3-5,10H2,1-2H3. The summed E-state index contributed by atoms with van der Waals surface area (Å²) in [7, 11) is 0. The molecule has 78 valence electrons. The van der Waals surface area contributed by atoms with Crippen molar-refractivity contribution in [2.75, 3.05) is 18.1 Å². The number of anilines is 1. The van der Waals surface area contributed by atoms with Gasteiger partial charge in [0, 0.05) is 0 Å². The van der Waals surface area contributed by atoms with Crippen molar-refractivity contribution >= 4 is 17.4 Å². The van der Waals surface area contributed by atoms with Crippen molar-refractivity contribution < 1.29 is 4.74 Å². The Hall–Kier alpha value is -0.970. The monoisotopic (exact) mass is 213 g/mol. The van der Waals surface area contributed by atoms with Gasteiger partial charge in [0.2, 0.25) is 5.88 Å². The molecule has 0 fully saturated rings. The van der Waals surface area contributed by atoms with E-state index in [0.29, 0.717) is 18.2 Å². The number of ether oxygens (including phenoxy) is 1. The van der Waals surface area contributed by atoms with Gasteiger partial charge in [-0.3, -0.25) is 0 Å². The molecule has 5 heteroatoms. The van der Waals surface area contributed by atoms with Crippen molar-refractivity contribution in [3.63, 3.8) is 0 Å². The highest BCUT2D eigenvalue weighted by atomic mass is 32.2. The molecular weight excluding hydrogens is 198 g/mol. The summed E-state index contributed by atoms with van der Waals surface area (Å²) >= 11 is 1.59. The average molecular weight is 213 g/mol. The lowest BCUT2D eigenvalue weighted by molar-refractivity contribution is 0.305. The molecule has 1 aromatic rings. The van der Waals surface area contributed by atoms with Crippen LogP contribution in [0.15, 0.2) is 11.4 Å². The number of thioether (sulfide) groups is 1. The van der Waals surface area contributed by atoms with Crippen molar-refractivity contribution in [3.8, 4) is 5.88 Å². The summed E-state index contributed by atoms with van der Waals surface area (Å²) in [6.45, 7) is 4.73. The van der Waals surface area contributed by atoms with Gasteiger partial charge in [-0.05, 0) is 12.2 Å². The molecule has 14 heavy (non-hydrogen) atoms. The minimum Gasteiger partial charge on any atom is -0.476 e. The van der Waals surface area contributed by atoms with Crippen LogP contribution in [0.2, 0.25) is 0 Å². The molecule has 0 saturated carbocycles. The third-order valence-corrected chi connectivity index (χ3v) is 2.42. The van der Waals surface area contributed by atoms with E-state index in [1.807, 2.05) is 6.92 Å². The molecular formula is C9H15N3OS. The normalized spacial score (nSPS) is 10.1. The van der Waals surface area contributed by atoms with Gasteiger partial charge in [-0.1, -0.05) is 13.8 Å². The Bertz CT molecular complexity index is 293. The van der Waals surface area contributed by atoms with Crippen LogP contribution in [0.5, 0.6) is 5.88 Å². The molecule has 0 spiro atoms. The van der Waals surface area contributed by atoms with Crippen LogP contribution in [0.4, 0.5) is 5.69 Å². The van der Waals surface area contributed by atoms with Crippen LogP contribution in [0.1, 0.15) is 20.3 Å². The average Bonchev–Trinajstić information content (AvgIpc) is 2.20. The molecule has 0 aliphatic rings. The van der Waals surface area contributed by atoms with Gasteiger partial charge in [-0.15, -0.1) is 11.8 Å². The molecule has 1 heterocycles. The Labute approximate surface area is 88.3 Å². The molecule has 4 nitrogen and oxygen atoms in total. The second-order valence-electron chi connectivity index (χ2n) is 2.68. The molecule has 0 amide bonds. The van der Waals surface area contributed by atoms with E-state index >= 15 is 0 Å². The van der Waals surface area contributed by atoms with Crippen molar-refractivity contribution in [2.24, 2.45) is 0 Å². The molecule has 0 atom stereocenters. The molecule has 1 aromatic heterocycles. The van der Waals surface area contributed by atoms with Crippen LogP contribution in [0.25, 0.3) is 0 Å². The summed E-state index contributed by atoms with van der Waals surface area (Å²) in [5, 5.41) is 0.800. The van der Waals surface area contributed by atoms with Crippen LogP contribution in [0, 0.1) is 0 Å². The Balaban J connectivity index is 2.78. The summed E-state index contributed by atoms with van der Waals surface area (Å²) in [6.07, 6.45) is 2.43. The first-order chi connectivity index (χ1) is 6.79. The van der Waals surface area contributed by atoms with Gasteiger partial charge in [-0.25, -0.2) is 4.98 Å². The summed E-state index contributed by atoms with van der Waals surface area (Å²) in [5.41, 5.74) is 6.39. The molecule has 0 aliphatic heterocycles. The Morgan fingerprint density at radius 3 is 2.86 bits per heavy atom. The van der Waals surface area contributed by atoms with Crippen LogP contribution in [0.3, 0.4) is 0 Å². The van der Waals surface area contributed by atoms with E-state index in [2.05, 4.69) is 16.9 Å². The van der Waals surface area contributed by atoms with Crippen LogP contribution >= 0.6 is 11.8 Å². The second kappa shape index (κ2) is 5.70. The number of hydrogen-bond acceptors (Lipinski definition) is 5. The zero-order chi connectivity index (χ0) is 10.4. The molecule has 0 saturated heterocycles. The van der Waals surface area contributed by atoms with Gasteiger partial charge < -0.3 is 10.5 Å². The highest BCUT2D eigenvalue weighted by Gasteiger charge is 2.08. The number of nitrogen functional groups attached to an aromatic ring is 1. The number of hydrogen-bond donors (Lipinski definition) is 1. The first-order valence-corrected chi connectivity index (χ1v) is 5.64. The van der Waals surface area contributed by atoms with Gasteiger partial charge in [0.25, 0.3) is 0 Å². The van der Waals surface area contributed by atoms with Crippen LogP contribution < -0.4 is 10.5 Å². The number of rotatable bonds is 5. The molecule has 0 radical (unpaired) electrons. The highest BCUT2D eigenvalue weighted by Crippen LogP contribution is 2.28. The van der Waals surface area contributed by atoms with Gasteiger partial charge in [0.15, 0.2) is 0 Å². The van der Waals surface area contributed by atoms with Crippen molar-refractivity contribution in [3.05, 3.63) is 6.33 Å². The predicted octanol–water partition coefficient (Wildman–Crippen LogP) is 1.96. The minimum atomic E-state index is 0.498. The minimum absolute atomic E-state index is 0.498. The van der Waals surface area contributed by atoms with Crippen molar-refractivity contribution in [1.82, 2.24) is 9.97 Å². The maximum absolute atomic E-state index is 5.84. The number of nitrogens with zero attached hydrogens (tertiary/aromatic N) is 2. The van der Waals surface area contributed by atoms with E-state index in [0.717, 1.165) is 17.2 Å². The maximum Gasteiger partial charge on any atom is 0.241 e. The third kappa shape index (κ3) is 2.77. The summed E-state index contributed by atoms with van der Waals surface area (Å²) in [6, 6.07) is 0. The number of nitrogens with two attached hydrogens (primary N) is 1. The summed E-state index contributed by atoms with van der Waals surface area (Å²) in [5.74, 6) is 1.44. The fraction of sp³-hybridized carbons (Fsp3) is 0.556. The second-order valence-corrected chi connectivity index (χ2v) is 3.93. The van der Waals surface area contributed by atoms with E-state index in [-0.39, 0.29) is 0 Å². The first-order valence-electron chi connectivity index (χ1n) is 4.65. The summed E-state index contributed by atoms with van der Waals surface area (Å²) < 4.78 is 5.38. The molecule has 0 unspecified atom stereocenters. The van der Waals surface area contributed by atoms with Crippen LogP contribution in [-0.2, 0) is 0 Å². The lowest BCUT2D eigenvalue weighted by Gasteiger charge is -2.08. The quantitative estimate of drug-likeness (QED) is 0.598. The maximum atomic E-state index is 5.84. The Kier molecular flexibility index (Phi) is 4.52. The Morgan fingerprint density at radius 2 is 2.21 bits per heavy atom. The molecule has 2 N–H and O–H groups in total. The fourth-order valence-electron chi connectivity index (χ4n) is 0.930. The van der Waals surface area contributed by atoms with Crippen molar-refractivity contribution in [1.29, 1.82) is 0 Å². The predicted molar refractivity (Wildman–Crippen MR) is 58.6 cm³/mol. The van der Waals surface area contributed by atoms with E-state index in [1.54, 1.807) is 11.8 Å². The zero-order valence-electron chi connectivity index (χ0n) is 8.49. The molecule has 0 aliphatic carbocycles. The highest BCUT2D eigenvalue weighted by molar-refractivity contribution is 7.99. The SMILES string of the molecule is CCCOc1ncnc(SCC)c1N. The van der Waals surface area contributed by atoms with Gasteiger partial charge in [0.1, 0.15) is 17.0 Å². The lowest BCUT2D eigenvalue weighted by Crippen LogP contribution is -2.03. The molecule has 1 rings (SSSR count). The van der Waals surface area contributed by atoms with Gasteiger partial charge in [-0.2, -0.15) is 4.98 Å². The topological polar surface area (TPSA) is 61.0 Å². The largest absolute Gasteiger partial charge is 0.476 e. The smallest absolute Gasteiger partial charge is 0.241 e. The van der Waals surface area contributed by atoms with Crippen molar-refractivity contribution in [2.45, 2.75) is 25.3 Å². The van der Waals surface area contributed by atoms with Crippen LogP contribution in [-0.4, -0.2) is 22.3 Å². The summed E-state index contributed by atoms with van der Waals surface area (Å²) in [4.78, 5) is 8.07. The molecule has 0 bridgehead atoms. The zero-order valence-corrected chi connectivity index (χ0v) is 9.30. The number of aromatic nitrogens is 2. The van der Waals surface area contributed by atoms with Gasteiger partial charge >= 0.3 is 0 Å².